The third-order valence-corrected chi connectivity index (χ3v) is 4.22. The molecule has 1 amide bonds. The van der Waals surface area contributed by atoms with E-state index in [1.807, 2.05) is 17.9 Å². The van der Waals surface area contributed by atoms with Crippen molar-refractivity contribution in [2.45, 2.75) is 19.9 Å². The molecule has 0 radical (unpaired) electrons. The number of amides is 1. The maximum Gasteiger partial charge on any atom is 0.257 e. The first-order valence-electron chi connectivity index (χ1n) is 8.22. The van der Waals surface area contributed by atoms with Crippen molar-refractivity contribution in [2.75, 3.05) is 26.2 Å². The fraction of sp³-hybridized carbons (Fsp3) is 0.389. The summed E-state index contributed by atoms with van der Waals surface area (Å²) >= 11 is 0. The Morgan fingerprint density at radius 1 is 1.17 bits per heavy atom. The predicted molar refractivity (Wildman–Crippen MR) is 89.0 cm³/mol. The van der Waals surface area contributed by atoms with E-state index in [0.29, 0.717) is 25.2 Å². The molecule has 126 valence electrons. The second kappa shape index (κ2) is 7.49. The molecule has 0 unspecified atom stereocenters. The number of carbonyl (C=O) groups excluding carboxylic acids is 1. The van der Waals surface area contributed by atoms with Gasteiger partial charge in [0.2, 0.25) is 0 Å². The fourth-order valence-corrected chi connectivity index (χ4v) is 2.83. The van der Waals surface area contributed by atoms with Crippen molar-refractivity contribution in [3.63, 3.8) is 0 Å². The zero-order chi connectivity index (χ0) is 16.9. The van der Waals surface area contributed by atoms with Gasteiger partial charge in [0.05, 0.1) is 5.56 Å². The Morgan fingerprint density at radius 2 is 1.88 bits per heavy atom. The van der Waals surface area contributed by atoms with Crippen molar-refractivity contribution in [3.05, 3.63) is 59.4 Å². The minimum atomic E-state index is -0.211. The van der Waals surface area contributed by atoms with Crippen molar-refractivity contribution in [1.29, 1.82) is 0 Å². The third-order valence-electron chi connectivity index (χ3n) is 4.22. The Kier molecular flexibility index (Phi) is 5.15. The van der Waals surface area contributed by atoms with Crippen LogP contribution in [0.4, 0.5) is 4.39 Å². The van der Waals surface area contributed by atoms with Gasteiger partial charge in [0, 0.05) is 51.5 Å². The van der Waals surface area contributed by atoms with E-state index in [0.717, 1.165) is 30.9 Å². The number of rotatable bonds is 4. The minimum absolute atomic E-state index is 0.0249. The molecule has 1 aliphatic rings. The minimum Gasteiger partial charge on any atom is -0.336 e. The number of halogens is 1. The molecule has 5 nitrogen and oxygen atoms in total. The first-order chi connectivity index (χ1) is 11.7. The molecule has 1 fully saturated rings. The number of piperazine rings is 1. The molecular formula is C18H21FN4O. The number of benzene rings is 1. The fourth-order valence-electron chi connectivity index (χ4n) is 2.83. The van der Waals surface area contributed by atoms with Crippen molar-refractivity contribution in [2.24, 2.45) is 0 Å². The van der Waals surface area contributed by atoms with Crippen molar-refractivity contribution < 1.29 is 9.18 Å². The van der Waals surface area contributed by atoms with Crippen LogP contribution in [0.3, 0.4) is 0 Å². The van der Waals surface area contributed by atoms with E-state index in [9.17, 15) is 9.18 Å². The lowest BCUT2D eigenvalue weighted by Crippen LogP contribution is -2.48. The summed E-state index contributed by atoms with van der Waals surface area (Å²) in [4.78, 5) is 24.9. The summed E-state index contributed by atoms with van der Waals surface area (Å²) in [5.41, 5.74) is 1.49. The molecule has 1 saturated heterocycles. The van der Waals surface area contributed by atoms with Gasteiger partial charge in [0.1, 0.15) is 11.6 Å². The summed E-state index contributed by atoms with van der Waals surface area (Å²) in [5, 5.41) is 0. The summed E-state index contributed by atoms with van der Waals surface area (Å²) in [5.74, 6) is 0.506. The molecule has 1 aromatic heterocycles. The average Bonchev–Trinajstić information content (AvgIpc) is 2.62. The summed E-state index contributed by atoms with van der Waals surface area (Å²) in [6, 6.07) is 6.66. The zero-order valence-electron chi connectivity index (χ0n) is 13.8. The Morgan fingerprint density at radius 3 is 2.50 bits per heavy atom. The van der Waals surface area contributed by atoms with Gasteiger partial charge in [-0.15, -0.1) is 0 Å². The van der Waals surface area contributed by atoms with E-state index in [-0.39, 0.29) is 11.7 Å². The van der Waals surface area contributed by atoms with Crippen LogP contribution in [0.25, 0.3) is 0 Å². The molecule has 0 aliphatic carbocycles. The number of carbonyl (C=O) groups is 1. The van der Waals surface area contributed by atoms with Crippen LogP contribution in [0, 0.1) is 5.82 Å². The highest BCUT2D eigenvalue weighted by Gasteiger charge is 2.22. The molecule has 1 aliphatic heterocycles. The van der Waals surface area contributed by atoms with Crippen LogP contribution in [0.2, 0.25) is 0 Å². The largest absolute Gasteiger partial charge is 0.336 e. The number of hydrogen-bond acceptors (Lipinski definition) is 4. The van der Waals surface area contributed by atoms with Crippen LogP contribution < -0.4 is 0 Å². The Balaban J connectivity index is 1.55. The van der Waals surface area contributed by atoms with Crippen LogP contribution in [-0.2, 0) is 13.0 Å². The van der Waals surface area contributed by atoms with Gasteiger partial charge in [-0.25, -0.2) is 14.4 Å². The van der Waals surface area contributed by atoms with Crippen molar-refractivity contribution in [3.8, 4) is 0 Å². The van der Waals surface area contributed by atoms with Gasteiger partial charge >= 0.3 is 0 Å². The number of nitrogens with zero attached hydrogens (tertiary/aromatic N) is 4. The molecule has 0 N–H and O–H groups in total. The second-order valence-corrected chi connectivity index (χ2v) is 5.94. The van der Waals surface area contributed by atoms with Gasteiger partial charge in [-0.05, 0) is 17.7 Å². The van der Waals surface area contributed by atoms with Gasteiger partial charge in [-0.2, -0.15) is 0 Å². The zero-order valence-corrected chi connectivity index (χ0v) is 13.8. The maximum atomic E-state index is 13.2. The first-order valence-corrected chi connectivity index (χ1v) is 8.22. The van der Waals surface area contributed by atoms with Gasteiger partial charge in [-0.1, -0.05) is 19.1 Å². The van der Waals surface area contributed by atoms with Crippen LogP contribution >= 0.6 is 0 Å². The van der Waals surface area contributed by atoms with Crippen molar-refractivity contribution >= 4 is 5.91 Å². The first kappa shape index (κ1) is 16.5. The number of aromatic nitrogens is 2. The van der Waals surface area contributed by atoms with E-state index in [1.165, 1.54) is 6.07 Å². The number of hydrogen-bond donors (Lipinski definition) is 0. The lowest BCUT2D eigenvalue weighted by molar-refractivity contribution is 0.0627. The SMILES string of the molecule is CCc1ncc(C(=O)N2CCN(Cc3cccc(F)c3)CC2)cn1. The van der Waals surface area contributed by atoms with Crippen LogP contribution in [0.15, 0.2) is 36.7 Å². The van der Waals surface area contributed by atoms with Gasteiger partial charge in [0.25, 0.3) is 5.91 Å². The summed E-state index contributed by atoms with van der Waals surface area (Å²) < 4.78 is 13.2. The van der Waals surface area contributed by atoms with E-state index >= 15 is 0 Å². The molecule has 0 bridgehead atoms. The molecule has 2 aromatic rings. The Bertz CT molecular complexity index is 696. The lowest BCUT2D eigenvalue weighted by Gasteiger charge is -2.34. The molecule has 1 aromatic carbocycles. The van der Waals surface area contributed by atoms with Crippen LogP contribution in [0.1, 0.15) is 28.7 Å². The monoisotopic (exact) mass is 328 g/mol. The van der Waals surface area contributed by atoms with Crippen LogP contribution in [-0.4, -0.2) is 51.9 Å². The van der Waals surface area contributed by atoms with Gasteiger partial charge < -0.3 is 4.90 Å². The topological polar surface area (TPSA) is 49.3 Å². The average molecular weight is 328 g/mol. The van der Waals surface area contributed by atoms with E-state index < -0.39 is 0 Å². The quantitative estimate of drug-likeness (QED) is 0.863. The highest BCUT2D eigenvalue weighted by atomic mass is 19.1. The summed E-state index contributed by atoms with van der Waals surface area (Å²) in [7, 11) is 0. The highest BCUT2D eigenvalue weighted by molar-refractivity contribution is 5.93. The Hall–Kier alpha value is -2.34. The van der Waals surface area contributed by atoms with Crippen LogP contribution in [0.5, 0.6) is 0 Å². The van der Waals surface area contributed by atoms with E-state index in [1.54, 1.807) is 24.5 Å². The Labute approximate surface area is 141 Å². The van der Waals surface area contributed by atoms with Gasteiger partial charge in [0.15, 0.2) is 0 Å². The molecular weight excluding hydrogens is 307 g/mol. The van der Waals surface area contributed by atoms with Gasteiger partial charge in [-0.3, -0.25) is 9.69 Å². The predicted octanol–water partition coefficient (Wildman–Crippen LogP) is 2.14. The molecule has 2 heterocycles. The highest BCUT2D eigenvalue weighted by Crippen LogP contribution is 2.12. The summed E-state index contributed by atoms with van der Waals surface area (Å²) in [6.45, 7) is 5.54. The van der Waals surface area contributed by atoms with Crippen molar-refractivity contribution in [1.82, 2.24) is 19.8 Å². The smallest absolute Gasteiger partial charge is 0.257 e. The van der Waals surface area contributed by atoms with E-state index in [4.69, 9.17) is 0 Å². The second-order valence-electron chi connectivity index (χ2n) is 5.94. The molecule has 3 rings (SSSR count). The number of aryl methyl sites for hydroxylation is 1. The summed E-state index contributed by atoms with van der Waals surface area (Å²) in [6.07, 6.45) is 3.97. The molecule has 24 heavy (non-hydrogen) atoms. The molecule has 0 saturated carbocycles. The standard InChI is InChI=1S/C18H21FN4O/c1-2-17-20-11-15(12-21-17)18(24)23-8-6-22(7-9-23)13-14-4-3-5-16(19)10-14/h3-5,10-12H,2,6-9,13H2,1H3. The maximum absolute atomic E-state index is 13.2. The van der Waals surface area contributed by atoms with E-state index in [2.05, 4.69) is 14.9 Å². The lowest BCUT2D eigenvalue weighted by atomic mass is 10.2. The molecule has 6 heteroatoms. The normalized spacial score (nSPS) is 15.5. The molecule has 0 atom stereocenters. The third kappa shape index (κ3) is 3.94. The molecule has 0 spiro atoms.